The SMILES string of the molecule is COC(=O)c1cnc(C)c(F)c1-c1ccccc1OC. The molecule has 0 bridgehead atoms. The Bertz CT molecular complexity index is 656. The molecule has 0 radical (unpaired) electrons. The van der Waals surface area contributed by atoms with E-state index in [0.29, 0.717) is 11.3 Å². The minimum atomic E-state index is -0.641. The maximum atomic E-state index is 14.4. The van der Waals surface area contributed by atoms with Crippen LogP contribution >= 0.6 is 0 Å². The monoisotopic (exact) mass is 275 g/mol. The van der Waals surface area contributed by atoms with Gasteiger partial charge in [0, 0.05) is 17.3 Å². The summed E-state index contributed by atoms with van der Waals surface area (Å²) in [4.78, 5) is 15.7. The van der Waals surface area contributed by atoms with E-state index in [0.717, 1.165) is 0 Å². The van der Waals surface area contributed by atoms with E-state index < -0.39 is 11.8 Å². The third-order valence-corrected chi connectivity index (χ3v) is 2.98. The fourth-order valence-electron chi connectivity index (χ4n) is 1.96. The average molecular weight is 275 g/mol. The van der Waals surface area contributed by atoms with E-state index in [2.05, 4.69) is 9.72 Å². The number of esters is 1. The summed E-state index contributed by atoms with van der Waals surface area (Å²) in [7, 11) is 2.73. The van der Waals surface area contributed by atoms with E-state index in [-0.39, 0.29) is 16.8 Å². The Labute approximate surface area is 116 Å². The van der Waals surface area contributed by atoms with Crippen molar-refractivity contribution < 1.29 is 18.7 Å². The summed E-state index contributed by atoms with van der Waals surface area (Å²) in [5.41, 5.74) is 0.902. The summed E-state index contributed by atoms with van der Waals surface area (Å²) in [6, 6.07) is 6.90. The van der Waals surface area contributed by atoms with Crippen molar-refractivity contribution in [1.29, 1.82) is 0 Å². The molecule has 1 heterocycles. The van der Waals surface area contributed by atoms with Gasteiger partial charge in [-0.05, 0) is 13.0 Å². The Morgan fingerprint density at radius 1 is 1.25 bits per heavy atom. The molecule has 2 rings (SSSR count). The van der Waals surface area contributed by atoms with Crippen LogP contribution in [0.15, 0.2) is 30.5 Å². The number of nitrogens with zero attached hydrogens (tertiary/aromatic N) is 1. The molecule has 0 aliphatic heterocycles. The predicted molar refractivity (Wildman–Crippen MR) is 72.3 cm³/mol. The zero-order valence-corrected chi connectivity index (χ0v) is 11.4. The number of rotatable bonds is 3. The van der Waals surface area contributed by atoms with Crippen molar-refractivity contribution in [3.63, 3.8) is 0 Å². The van der Waals surface area contributed by atoms with Crippen molar-refractivity contribution >= 4 is 5.97 Å². The van der Waals surface area contributed by atoms with Gasteiger partial charge in [-0.25, -0.2) is 9.18 Å². The van der Waals surface area contributed by atoms with Gasteiger partial charge in [0.05, 0.1) is 25.5 Å². The third-order valence-electron chi connectivity index (χ3n) is 2.98. The second-order valence-corrected chi connectivity index (χ2v) is 4.14. The molecule has 0 unspecified atom stereocenters. The number of carbonyl (C=O) groups is 1. The summed E-state index contributed by atoms with van der Waals surface area (Å²) in [5, 5.41) is 0. The molecule has 0 atom stereocenters. The molecule has 1 aromatic carbocycles. The van der Waals surface area contributed by atoms with Gasteiger partial charge in [-0.15, -0.1) is 0 Å². The van der Waals surface area contributed by atoms with Crippen LogP contribution in [0.4, 0.5) is 4.39 Å². The molecule has 0 spiro atoms. The lowest BCUT2D eigenvalue weighted by atomic mass is 9.99. The van der Waals surface area contributed by atoms with Crippen LogP contribution in [0, 0.1) is 12.7 Å². The van der Waals surface area contributed by atoms with Gasteiger partial charge < -0.3 is 9.47 Å². The lowest BCUT2D eigenvalue weighted by Gasteiger charge is -2.13. The normalized spacial score (nSPS) is 10.2. The first kappa shape index (κ1) is 14.0. The molecule has 0 aliphatic rings. The molecule has 0 saturated heterocycles. The maximum Gasteiger partial charge on any atom is 0.340 e. The molecule has 104 valence electrons. The van der Waals surface area contributed by atoms with Crippen molar-refractivity contribution in [2.45, 2.75) is 6.92 Å². The highest BCUT2D eigenvalue weighted by atomic mass is 19.1. The minimum Gasteiger partial charge on any atom is -0.496 e. The van der Waals surface area contributed by atoms with E-state index in [9.17, 15) is 9.18 Å². The van der Waals surface area contributed by atoms with E-state index in [4.69, 9.17) is 4.74 Å². The van der Waals surface area contributed by atoms with E-state index in [1.165, 1.54) is 27.3 Å². The molecule has 0 amide bonds. The predicted octanol–water partition coefficient (Wildman–Crippen LogP) is 2.99. The first-order valence-electron chi connectivity index (χ1n) is 5.97. The van der Waals surface area contributed by atoms with Crippen LogP contribution in [0.3, 0.4) is 0 Å². The number of methoxy groups -OCH3 is 2. The zero-order chi connectivity index (χ0) is 14.7. The van der Waals surface area contributed by atoms with Crippen molar-refractivity contribution in [2.24, 2.45) is 0 Å². The number of carbonyl (C=O) groups excluding carboxylic acids is 1. The number of hydrogen-bond donors (Lipinski definition) is 0. The smallest absolute Gasteiger partial charge is 0.340 e. The zero-order valence-electron chi connectivity index (χ0n) is 11.4. The lowest BCUT2D eigenvalue weighted by Crippen LogP contribution is -2.08. The molecule has 0 fully saturated rings. The molecule has 4 nitrogen and oxygen atoms in total. The largest absolute Gasteiger partial charge is 0.496 e. The van der Waals surface area contributed by atoms with E-state index in [1.54, 1.807) is 24.3 Å². The van der Waals surface area contributed by atoms with Crippen LogP contribution in [-0.4, -0.2) is 25.2 Å². The van der Waals surface area contributed by atoms with Crippen LogP contribution in [0.5, 0.6) is 5.75 Å². The number of ether oxygens (including phenoxy) is 2. The molecule has 1 aromatic heterocycles. The first-order valence-corrected chi connectivity index (χ1v) is 5.97. The van der Waals surface area contributed by atoms with Crippen molar-refractivity contribution in [3.05, 3.63) is 47.5 Å². The van der Waals surface area contributed by atoms with Gasteiger partial charge in [0.25, 0.3) is 0 Å². The van der Waals surface area contributed by atoms with Gasteiger partial charge in [-0.1, -0.05) is 18.2 Å². The van der Waals surface area contributed by atoms with Crippen LogP contribution < -0.4 is 4.74 Å². The van der Waals surface area contributed by atoms with Crippen molar-refractivity contribution in [2.75, 3.05) is 14.2 Å². The molecular formula is C15H14FNO3. The Morgan fingerprint density at radius 3 is 2.60 bits per heavy atom. The third kappa shape index (κ3) is 2.34. The summed E-state index contributed by atoms with van der Waals surface area (Å²) in [6.45, 7) is 1.54. The average Bonchev–Trinajstić information content (AvgIpc) is 2.49. The highest BCUT2D eigenvalue weighted by molar-refractivity contribution is 5.98. The van der Waals surface area contributed by atoms with Crippen LogP contribution in [0.1, 0.15) is 16.1 Å². The topological polar surface area (TPSA) is 48.4 Å². The van der Waals surface area contributed by atoms with Crippen LogP contribution in [0.2, 0.25) is 0 Å². The highest BCUT2D eigenvalue weighted by Gasteiger charge is 2.22. The standard InChI is InChI=1S/C15H14FNO3/c1-9-14(16)13(11(8-17-9)15(18)20-3)10-6-4-5-7-12(10)19-2/h4-8H,1-3H3. The second-order valence-electron chi connectivity index (χ2n) is 4.14. The number of para-hydroxylation sites is 1. The molecule has 0 saturated carbocycles. The van der Waals surface area contributed by atoms with Crippen LogP contribution in [0.25, 0.3) is 11.1 Å². The second kappa shape index (κ2) is 5.69. The Morgan fingerprint density at radius 2 is 1.95 bits per heavy atom. The fourth-order valence-corrected chi connectivity index (χ4v) is 1.96. The number of halogens is 1. The Balaban J connectivity index is 2.77. The summed E-state index contributed by atoms with van der Waals surface area (Å²) in [6.07, 6.45) is 1.31. The minimum absolute atomic E-state index is 0.0695. The molecule has 0 aliphatic carbocycles. The number of benzene rings is 1. The van der Waals surface area contributed by atoms with Gasteiger partial charge >= 0.3 is 5.97 Å². The van der Waals surface area contributed by atoms with Crippen molar-refractivity contribution in [3.8, 4) is 16.9 Å². The molecule has 2 aromatic rings. The summed E-state index contributed by atoms with van der Waals surface area (Å²) < 4.78 is 24.3. The first-order chi connectivity index (χ1) is 9.60. The van der Waals surface area contributed by atoms with E-state index >= 15 is 0 Å². The van der Waals surface area contributed by atoms with Gasteiger partial charge in [0.2, 0.25) is 0 Å². The number of aromatic nitrogens is 1. The number of aryl methyl sites for hydroxylation is 1. The fraction of sp³-hybridized carbons (Fsp3) is 0.200. The van der Waals surface area contributed by atoms with Crippen molar-refractivity contribution in [1.82, 2.24) is 4.98 Å². The van der Waals surface area contributed by atoms with E-state index in [1.807, 2.05) is 0 Å². The van der Waals surface area contributed by atoms with Gasteiger partial charge in [-0.2, -0.15) is 0 Å². The highest BCUT2D eigenvalue weighted by Crippen LogP contribution is 2.34. The Kier molecular flexibility index (Phi) is 3.98. The lowest BCUT2D eigenvalue weighted by molar-refractivity contribution is 0.0600. The summed E-state index contributed by atoms with van der Waals surface area (Å²) >= 11 is 0. The molecule has 0 N–H and O–H groups in total. The molecule has 5 heteroatoms. The quantitative estimate of drug-likeness (QED) is 0.808. The molecule has 20 heavy (non-hydrogen) atoms. The number of pyridine rings is 1. The van der Waals surface area contributed by atoms with Gasteiger partial charge in [0.1, 0.15) is 5.75 Å². The molecular weight excluding hydrogens is 261 g/mol. The number of hydrogen-bond acceptors (Lipinski definition) is 4. The summed E-state index contributed by atoms with van der Waals surface area (Å²) in [5.74, 6) is -0.725. The van der Waals surface area contributed by atoms with Gasteiger partial charge in [-0.3, -0.25) is 4.98 Å². The van der Waals surface area contributed by atoms with Crippen LogP contribution in [-0.2, 0) is 4.74 Å². The maximum absolute atomic E-state index is 14.4. The Hall–Kier alpha value is -2.43. The van der Waals surface area contributed by atoms with Gasteiger partial charge in [0.15, 0.2) is 5.82 Å².